The van der Waals surface area contributed by atoms with Gasteiger partial charge in [0.1, 0.15) is 0 Å². The maximum absolute atomic E-state index is 9.42. The topological polar surface area (TPSA) is 25.2 Å². The third kappa shape index (κ3) is 3.38. The first-order valence-electron chi connectivity index (χ1n) is 7.63. The molecule has 0 saturated heterocycles. The molecule has 1 aromatic rings. The normalized spacial score (nSPS) is 17.2. The van der Waals surface area contributed by atoms with Crippen LogP contribution < -0.4 is 0 Å². The van der Waals surface area contributed by atoms with Crippen molar-refractivity contribution < 1.29 is 5.11 Å². The second-order valence-corrected chi connectivity index (χ2v) is 5.69. The molecule has 1 aliphatic carbocycles. The van der Waals surface area contributed by atoms with Crippen molar-refractivity contribution in [2.75, 3.05) is 0 Å². The van der Waals surface area contributed by atoms with Crippen LogP contribution in [-0.2, 0) is 19.6 Å². The van der Waals surface area contributed by atoms with Crippen LogP contribution in [0.25, 0.3) is 0 Å². The second kappa shape index (κ2) is 6.98. The van der Waals surface area contributed by atoms with E-state index in [1.807, 2.05) is 0 Å². The largest absolute Gasteiger partial charge is 0.390 e. The highest BCUT2D eigenvalue weighted by molar-refractivity contribution is 5.16. The van der Waals surface area contributed by atoms with Crippen LogP contribution in [0, 0.1) is 5.92 Å². The Morgan fingerprint density at radius 3 is 2.56 bits per heavy atom. The molecule has 2 nitrogen and oxygen atoms in total. The van der Waals surface area contributed by atoms with E-state index >= 15 is 0 Å². The molecule has 1 aromatic heterocycles. The van der Waals surface area contributed by atoms with Gasteiger partial charge in [-0.3, -0.25) is 0 Å². The minimum absolute atomic E-state index is 0.175. The summed E-state index contributed by atoms with van der Waals surface area (Å²) in [5.74, 6) is 0.876. The number of aromatic nitrogens is 1. The summed E-state index contributed by atoms with van der Waals surface area (Å²) in [5, 5.41) is 9.42. The Bertz CT molecular complexity index is 350. The monoisotopic (exact) mass is 249 g/mol. The molecule has 0 radical (unpaired) electrons. The summed E-state index contributed by atoms with van der Waals surface area (Å²) in [6.45, 7) is 3.47. The number of hydrogen-bond donors (Lipinski definition) is 1. The predicted octanol–water partition coefficient (Wildman–Crippen LogP) is 3.90. The maximum atomic E-state index is 9.42. The van der Waals surface area contributed by atoms with E-state index in [1.54, 1.807) is 0 Å². The number of aliphatic hydroxyl groups is 1. The first kappa shape index (κ1) is 13.7. The fourth-order valence-corrected chi connectivity index (χ4v) is 3.16. The molecule has 1 fully saturated rings. The summed E-state index contributed by atoms with van der Waals surface area (Å²) in [7, 11) is 0. The molecule has 0 aromatic carbocycles. The summed E-state index contributed by atoms with van der Waals surface area (Å²) < 4.78 is 2.36. The first-order chi connectivity index (χ1) is 8.85. The van der Waals surface area contributed by atoms with Gasteiger partial charge in [0.25, 0.3) is 0 Å². The first-order valence-corrected chi connectivity index (χ1v) is 7.63. The molecule has 0 aliphatic heterocycles. The summed E-state index contributed by atoms with van der Waals surface area (Å²) >= 11 is 0. The summed E-state index contributed by atoms with van der Waals surface area (Å²) in [4.78, 5) is 0. The third-order valence-corrected chi connectivity index (χ3v) is 4.28. The highest BCUT2D eigenvalue weighted by atomic mass is 16.3. The molecular formula is C16H27NO. The smallest absolute Gasteiger partial charge is 0.0832 e. The zero-order valence-corrected chi connectivity index (χ0v) is 11.7. The van der Waals surface area contributed by atoms with Gasteiger partial charge in [0.15, 0.2) is 0 Å². The standard InChI is InChI=1S/C16H27NO/c1-2-3-11-17-15(9-10-16(17)13-18)12-14-7-5-4-6-8-14/h9-10,14,18H,2-8,11-13H2,1H3. The van der Waals surface area contributed by atoms with Crippen LogP contribution in [0.1, 0.15) is 63.3 Å². The number of nitrogens with zero attached hydrogens (tertiary/aromatic N) is 1. The molecule has 0 amide bonds. The van der Waals surface area contributed by atoms with Crippen molar-refractivity contribution in [3.63, 3.8) is 0 Å². The molecule has 0 spiro atoms. The van der Waals surface area contributed by atoms with Crippen LogP contribution in [0.2, 0.25) is 0 Å². The zero-order chi connectivity index (χ0) is 12.8. The fraction of sp³-hybridized carbons (Fsp3) is 0.750. The van der Waals surface area contributed by atoms with Crippen molar-refractivity contribution in [2.45, 2.75) is 71.4 Å². The Morgan fingerprint density at radius 2 is 1.89 bits per heavy atom. The van der Waals surface area contributed by atoms with Gasteiger partial charge in [0, 0.05) is 17.9 Å². The minimum Gasteiger partial charge on any atom is -0.390 e. The number of rotatable bonds is 6. The van der Waals surface area contributed by atoms with Gasteiger partial charge < -0.3 is 9.67 Å². The zero-order valence-electron chi connectivity index (χ0n) is 11.7. The van der Waals surface area contributed by atoms with Crippen LogP contribution in [0.5, 0.6) is 0 Å². The average Bonchev–Trinajstić information content (AvgIpc) is 2.79. The Kier molecular flexibility index (Phi) is 5.30. The lowest BCUT2D eigenvalue weighted by atomic mass is 9.86. The van der Waals surface area contributed by atoms with Gasteiger partial charge in [-0.2, -0.15) is 0 Å². The third-order valence-electron chi connectivity index (χ3n) is 4.28. The van der Waals surface area contributed by atoms with Gasteiger partial charge in [-0.05, 0) is 30.9 Å². The lowest BCUT2D eigenvalue weighted by molar-refractivity contribution is 0.268. The number of hydrogen-bond acceptors (Lipinski definition) is 1. The van der Waals surface area contributed by atoms with E-state index in [4.69, 9.17) is 0 Å². The Labute approximate surface area is 111 Å². The molecule has 2 rings (SSSR count). The Balaban J connectivity index is 2.03. The van der Waals surface area contributed by atoms with Crippen molar-refractivity contribution in [3.05, 3.63) is 23.5 Å². The van der Waals surface area contributed by atoms with Crippen molar-refractivity contribution in [1.29, 1.82) is 0 Å². The van der Waals surface area contributed by atoms with Gasteiger partial charge in [-0.15, -0.1) is 0 Å². The van der Waals surface area contributed by atoms with Gasteiger partial charge >= 0.3 is 0 Å². The van der Waals surface area contributed by atoms with Crippen molar-refractivity contribution in [2.24, 2.45) is 5.92 Å². The molecule has 1 saturated carbocycles. The summed E-state index contributed by atoms with van der Waals surface area (Å²) in [6, 6.07) is 4.34. The fourth-order valence-electron chi connectivity index (χ4n) is 3.16. The maximum Gasteiger partial charge on any atom is 0.0832 e. The molecule has 2 heteroatoms. The van der Waals surface area contributed by atoms with Gasteiger partial charge in [-0.1, -0.05) is 45.4 Å². The van der Waals surface area contributed by atoms with E-state index in [0.29, 0.717) is 0 Å². The number of aliphatic hydroxyl groups excluding tert-OH is 1. The highest BCUT2D eigenvalue weighted by Crippen LogP contribution is 2.27. The van der Waals surface area contributed by atoms with E-state index in [0.717, 1.165) is 18.2 Å². The van der Waals surface area contributed by atoms with Gasteiger partial charge in [0.05, 0.1) is 6.61 Å². The molecule has 0 bridgehead atoms. The van der Waals surface area contributed by atoms with E-state index in [9.17, 15) is 5.11 Å². The predicted molar refractivity (Wildman–Crippen MR) is 75.5 cm³/mol. The van der Waals surface area contributed by atoms with Crippen molar-refractivity contribution in [3.8, 4) is 0 Å². The lowest BCUT2D eigenvalue weighted by Crippen LogP contribution is -2.14. The summed E-state index contributed by atoms with van der Waals surface area (Å²) in [5.41, 5.74) is 2.54. The molecule has 18 heavy (non-hydrogen) atoms. The van der Waals surface area contributed by atoms with Crippen molar-refractivity contribution in [1.82, 2.24) is 4.57 Å². The molecule has 0 unspecified atom stereocenters. The van der Waals surface area contributed by atoms with Gasteiger partial charge in [0.2, 0.25) is 0 Å². The average molecular weight is 249 g/mol. The molecule has 0 atom stereocenters. The molecule has 1 aliphatic rings. The quantitative estimate of drug-likeness (QED) is 0.812. The second-order valence-electron chi connectivity index (χ2n) is 5.69. The van der Waals surface area contributed by atoms with Crippen LogP contribution in [-0.4, -0.2) is 9.67 Å². The van der Waals surface area contributed by atoms with E-state index in [-0.39, 0.29) is 6.61 Å². The molecule has 1 N–H and O–H groups in total. The highest BCUT2D eigenvalue weighted by Gasteiger charge is 2.16. The van der Waals surface area contributed by atoms with E-state index in [2.05, 4.69) is 23.6 Å². The minimum atomic E-state index is 0.175. The Morgan fingerprint density at radius 1 is 1.17 bits per heavy atom. The Hall–Kier alpha value is -0.760. The lowest BCUT2D eigenvalue weighted by Gasteiger charge is -2.22. The molecule has 102 valence electrons. The van der Waals surface area contributed by atoms with E-state index < -0.39 is 0 Å². The number of unbranched alkanes of at least 4 members (excludes halogenated alkanes) is 1. The van der Waals surface area contributed by atoms with Crippen LogP contribution in [0.4, 0.5) is 0 Å². The van der Waals surface area contributed by atoms with Crippen molar-refractivity contribution >= 4 is 0 Å². The van der Waals surface area contributed by atoms with E-state index in [1.165, 1.54) is 57.1 Å². The summed E-state index contributed by atoms with van der Waals surface area (Å²) in [6.07, 6.45) is 10.7. The molecule has 1 heterocycles. The van der Waals surface area contributed by atoms with Crippen LogP contribution in [0.15, 0.2) is 12.1 Å². The SMILES string of the molecule is CCCCn1c(CO)ccc1CC1CCCCC1. The van der Waals surface area contributed by atoms with Crippen LogP contribution in [0.3, 0.4) is 0 Å². The van der Waals surface area contributed by atoms with Gasteiger partial charge in [-0.25, -0.2) is 0 Å². The van der Waals surface area contributed by atoms with Crippen LogP contribution >= 0.6 is 0 Å². The molecular weight excluding hydrogens is 222 g/mol.